The number of nitrogens with zero attached hydrogens (tertiary/aromatic N) is 2. The average molecular weight is 242 g/mol. The Morgan fingerprint density at radius 1 is 1.33 bits per heavy atom. The third-order valence-corrected chi connectivity index (χ3v) is 3.06. The van der Waals surface area contributed by atoms with Crippen LogP contribution in [-0.4, -0.2) is 11.4 Å². The molecule has 3 rings (SSSR count). The van der Waals surface area contributed by atoms with Gasteiger partial charge in [0.1, 0.15) is 0 Å². The number of pyridine rings is 1. The topological polar surface area (TPSA) is 64.2 Å². The summed E-state index contributed by atoms with van der Waals surface area (Å²) in [5.41, 5.74) is 1.11. The van der Waals surface area contributed by atoms with Gasteiger partial charge in [-0.15, -0.1) is 0 Å². The molecule has 1 aliphatic rings. The van der Waals surface area contributed by atoms with E-state index in [0.717, 1.165) is 10.9 Å². The molecule has 1 aromatic heterocycles. The molecule has 1 aliphatic heterocycles. The van der Waals surface area contributed by atoms with Crippen molar-refractivity contribution < 1.29 is 9.47 Å². The quantitative estimate of drug-likeness (QED) is 0.756. The van der Waals surface area contributed by atoms with E-state index in [9.17, 15) is 4.79 Å². The first-order valence-corrected chi connectivity index (χ1v) is 5.50. The van der Waals surface area contributed by atoms with E-state index < -0.39 is 0 Å². The monoisotopic (exact) mass is 242 g/mol. The van der Waals surface area contributed by atoms with Crippen molar-refractivity contribution in [1.82, 2.24) is 4.57 Å². The van der Waals surface area contributed by atoms with Crippen LogP contribution in [0, 0.1) is 11.3 Å². The molecule has 2 aromatic rings. The standard InChI is InChI=1S/C13H10N2O3/c1-15-10-6-12-11(17-7-18-12)5-9(10)4-8(2-3-14)13(15)16/h4-6H,2,7H2,1H3. The molecule has 0 N–H and O–H groups in total. The number of hydrogen-bond acceptors (Lipinski definition) is 4. The Morgan fingerprint density at radius 2 is 2.06 bits per heavy atom. The maximum Gasteiger partial charge on any atom is 0.255 e. The van der Waals surface area contributed by atoms with Gasteiger partial charge in [0.05, 0.1) is 18.0 Å². The van der Waals surface area contributed by atoms with Crippen molar-refractivity contribution in [2.45, 2.75) is 6.42 Å². The number of hydrogen-bond donors (Lipinski definition) is 0. The number of aromatic nitrogens is 1. The Morgan fingerprint density at radius 3 is 2.78 bits per heavy atom. The third kappa shape index (κ3) is 1.43. The van der Waals surface area contributed by atoms with Crippen LogP contribution < -0.4 is 15.0 Å². The Hall–Kier alpha value is -2.48. The zero-order valence-electron chi connectivity index (χ0n) is 9.77. The molecule has 5 heteroatoms. The van der Waals surface area contributed by atoms with Crippen molar-refractivity contribution in [3.05, 3.63) is 34.1 Å². The van der Waals surface area contributed by atoms with E-state index >= 15 is 0 Å². The van der Waals surface area contributed by atoms with Crippen LogP contribution in [-0.2, 0) is 13.5 Å². The van der Waals surface area contributed by atoms with Crippen molar-refractivity contribution in [2.24, 2.45) is 7.05 Å². The molecule has 90 valence electrons. The van der Waals surface area contributed by atoms with E-state index in [2.05, 4.69) is 0 Å². The van der Waals surface area contributed by atoms with Crippen LogP contribution in [0.4, 0.5) is 0 Å². The van der Waals surface area contributed by atoms with Gasteiger partial charge in [0.25, 0.3) is 5.56 Å². The minimum atomic E-state index is -0.150. The second kappa shape index (κ2) is 3.77. The third-order valence-electron chi connectivity index (χ3n) is 3.06. The maximum atomic E-state index is 12.0. The minimum Gasteiger partial charge on any atom is -0.454 e. The molecule has 0 spiro atoms. The lowest BCUT2D eigenvalue weighted by molar-refractivity contribution is 0.174. The van der Waals surface area contributed by atoms with Crippen LogP contribution in [0.1, 0.15) is 5.56 Å². The first kappa shape index (κ1) is 10.7. The van der Waals surface area contributed by atoms with Gasteiger partial charge in [0.2, 0.25) is 6.79 Å². The number of benzene rings is 1. The van der Waals surface area contributed by atoms with Crippen LogP contribution >= 0.6 is 0 Å². The minimum absolute atomic E-state index is 0.108. The lowest BCUT2D eigenvalue weighted by atomic mass is 10.1. The fraction of sp³-hybridized carbons (Fsp3) is 0.231. The first-order valence-electron chi connectivity index (χ1n) is 5.50. The summed E-state index contributed by atoms with van der Waals surface area (Å²) >= 11 is 0. The molecule has 18 heavy (non-hydrogen) atoms. The molecule has 0 aliphatic carbocycles. The zero-order valence-corrected chi connectivity index (χ0v) is 9.77. The number of nitriles is 1. The smallest absolute Gasteiger partial charge is 0.255 e. The van der Waals surface area contributed by atoms with E-state index in [1.807, 2.05) is 12.1 Å². The van der Waals surface area contributed by atoms with Crippen molar-refractivity contribution in [3.63, 3.8) is 0 Å². The van der Waals surface area contributed by atoms with Gasteiger partial charge < -0.3 is 14.0 Å². The molecule has 1 aromatic carbocycles. The highest BCUT2D eigenvalue weighted by molar-refractivity contribution is 5.84. The Kier molecular flexibility index (Phi) is 2.23. The first-order chi connectivity index (χ1) is 8.70. The molecule has 0 unspecified atom stereocenters. The van der Waals surface area contributed by atoms with E-state index in [1.165, 1.54) is 4.57 Å². The lowest BCUT2D eigenvalue weighted by Gasteiger charge is -2.08. The molecule has 2 heterocycles. The van der Waals surface area contributed by atoms with Crippen LogP contribution in [0.25, 0.3) is 10.9 Å². The van der Waals surface area contributed by atoms with Gasteiger partial charge in [0, 0.05) is 24.1 Å². The molecule has 0 fully saturated rings. The fourth-order valence-corrected chi connectivity index (χ4v) is 2.14. The predicted octanol–water partition coefficient (Wildman–Crippen LogP) is 1.33. The predicted molar refractivity (Wildman–Crippen MR) is 64.6 cm³/mol. The van der Waals surface area contributed by atoms with Crippen molar-refractivity contribution >= 4 is 10.9 Å². The molecule has 0 saturated heterocycles. The largest absolute Gasteiger partial charge is 0.454 e. The molecule has 0 amide bonds. The van der Waals surface area contributed by atoms with E-state index in [1.54, 1.807) is 19.2 Å². The highest BCUT2D eigenvalue weighted by Gasteiger charge is 2.16. The fourth-order valence-electron chi connectivity index (χ4n) is 2.14. The van der Waals surface area contributed by atoms with Gasteiger partial charge in [-0.3, -0.25) is 4.79 Å². The van der Waals surface area contributed by atoms with Gasteiger partial charge in [0.15, 0.2) is 11.5 Å². The van der Waals surface area contributed by atoms with Crippen LogP contribution in [0.5, 0.6) is 11.5 Å². The Bertz CT molecular complexity index is 740. The summed E-state index contributed by atoms with van der Waals surface area (Å²) in [4.78, 5) is 12.0. The molecule has 5 nitrogen and oxygen atoms in total. The summed E-state index contributed by atoms with van der Waals surface area (Å²) in [5, 5.41) is 9.59. The average Bonchev–Trinajstić information content (AvgIpc) is 2.81. The van der Waals surface area contributed by atoms with Crippen molar-refractivity contribution in [1.29, 1.82) is 5.26 Å². The molecule has 0 atom stereocenters. The van der Waals surface area contributed by atoms with Crippen LogP contribution in [0.3, 0.4) is 0 Å². The summed E-state index contributed by atoms with van der Waals surface area (Å²) in [7, 11) is 1.69. The molecule has 0 saturated carbocycles. The number of aryl methyl sites for hydroxylation is 1. The van der Waals surface area contributed by atoms with Gasteiger partial charge in [-0.2, -0.15) is 5.26 Å². The van der Waals surface area contributed by atoms with Crippen LogP contribution in [0.2, 0.25) is 0 Å². The van der Waals surface area contributed by atoms with E-state index in [0.29, 0.717) is 17.1 Å². The number of rotatable bonds is 1. The summed E-state index contributed by atoms with van der Waals surface area (Å²) in [5.74, 6) is 1.31. The molecular formula is C13H10N2O3. The normalized spacial score (nSPS) is 12.7. The number of ether oxygens (including phenoxy) is 2. The number of fused-ring (bicyclic) bond motifs is 2. The van der Waals surface area contributed by atoms with E-state index in [4.69, 9.17) is 14.7 Å². The second-order valence-corrected chi connectivity index (χ2v) is 4.13. The molecule has 0 radical (unpaired) electrons. The Labute approximate surface area is 103 Å². The summed E-state index contributed by atoms with van der Waals surface area (Å²) < 4.78 is 12.1. The zero-order chi connectivity index (χ0) is 12.7. The maximum absolute atomic E-state index is 12.0. The highest BCUT2D eigenvalue weighted by atomic mass is 16.7. The van der Waals surface area contributed by atoms with Gasteiger partial charge in [-0.05, 0) is 12.1 Å². The van der Waals surface area contributed by atoms with Crippen molar-refractivity contribution in [3.8, 4) is 17.6 Å². The summed E-state index contributed by atoms with van der Waals surface area (Å²) in [6, 6.07) is 7.36. The molecule has 0 bridgehead atoms. The Balaban J connectivity index is 2.34. The molecular weight excluding hydrogens is 232 g/mol. The SMILES string of the molecule is Cn1c(=O)c(CC#N)cc2cc3c(cc21)OCO3. The van der Waals surface area contributed by atoms with Gasteiger partial charge in [-0.25, -0.2) is 0 Å². The summed E-state index contributed by atoms with van der Waals surface area (Å²) in [6.45, 7) is 0.199. The van der Waals surface area contributed by atoms with Crippen molar-refractivity contribution in [2.75, 3.05) is 6.79 Å². The van der Waals surface area contributed by atoms with Crippen LogP contribution in [0.15, 0.2) is 23.0 Å². The van der Waals surface area contributed by atoms with Gasteiger partial charge >= 0.3 is 0 Å². The second-order valence-electron chi connectivity index (χ2n) is 4.13. The summed E-state index contributed by atoms with van der Waals surface area (Å²) in [6.07, 6.45) is 0.108. The van der Waals surface area contributed by atoms with Gasteiger partial charge in [-0.1, -0.05) is 0 Å². The lowest BCUT2D eigenvalue weighted by Crippen LogP contribution is -2.20. The highest BCUT2D eigenvalue weighted by Crippen LogP contribution is 2.35. The van der Waals surface area contributed by atoms with E-state index in [-0.39, 0.29) is 18.8 Å².